The molecule has 0 atom stereocenters. The molecule has 25 heavy (non-hydrogen) atoms. The molecule has 0 saturated carbocycles. The van der Waals surface area contributed by atoms with E-state index in [-0.39, 0.29) is 11.3 Å². The molecule has 1 saturated heterocycles. The predicted octanol–water partition coefficient (Wildman–Crippen LogP) is 2.86. The van der Waals surface area contributed by atoms with Crippen LogP contribution in [-0.4, -0.2) is 42.2 Å². The van der Waals surface area contributed by atoms with Crippen LogP contribution in [0.3, 0.4) is 0 Å². The Hall–Kier alpha value is -2.47. The van der Waals surface area contributed by atoms with Crippen LogP contribution >= 0.6 is 0 Å². The molecule has 1 aromatic heterocycles. The van der Waals surface area contributed by atoms with E-state index in [2.05, 4.69) is 41.0 Å². The molecule has 132 valence electrons. The number of aromatic nitrogens is 2. The molecular formula is C19H24N4O2. The van der Waals surface area contributed by atoms with Crippen molar-refractivity contribution in [3.63, 3.8) is 0 Å². The summed E-state index contributed by atoms with van der Waals surface area (Å²) < 4.78 is 5.32. The van der Waals surface area contributed by atoms with Crippen molar-refractivity contribution >= 4 is 17.4 Å². The van der Waals surface area contributed by atoms with Crippen molar-refractivity contribution in [3.8, 4) is 0 Å². The second-order valence-corrected chi connectivity index (χ2v) is 7.14. The van der Waals surface area contributed by atoms with Gasteiger partial charge in [0.05, 0.1) is 25.6 Å². The molecule has 0 bridgehead atoms. The van der Waals surface area contributed by atoms with Gasteiger partial charge in [-0.25, -0.2) is 9.97 Å². The number of nitrogens with zero attached hydrogens (tertiary/aromatic N) is 3. The van der Waals surface area contributed by atoms with Crippen LogP contribution < -0.4 is 10.2 Å². The summed E-state index contributed by atoms with van der Waals surface area (Å²) in [4.78, 5) is 23.0. The van der Waals surface area contributed by atoms with Crippen molar-refractivity contribution in [2.24, 2.45) is 0 Å². The summed E-state index contributed by atoms with van der Waals surface area (Å²) in [6.45, 7) is 9.44. The van der Waals surface area contributed by atoms with E-state index in [1.165, 1.54) is 11.8 Å². The summed E-state index contributed by atoms with van der Waals surface area (Å²) in [6.07, 6.45) is 3.16. The van der Waals surface area contributed by atoms with Crippen LogP contribution in [0.4, 0.5) is 11.5 Å². The molecule has 2 aromatic rings. The molecule has 6 nitrogen and oxygen atoms in total. The van der Waals surface area contributed by atoms with E-state index in [4.69, 9.17) is 4.74 Å². The average Bonchev–Trinajstić information content (AvgIpc) is 2.62. The monoisotopic (exact) mass is 340 g/mol. The number of carbonyl (C=O) groups excluding carboxylic acids is 1. The van der Waals surface area contributed by atoms with E-state index >= 15 is 0 Å². The number of hydrogen-bond acceptors (Lipinski definition) is 5. The summed E-state index contributed by atoms with van der Waals surface area (Å²) in [5, 5.41) is 2.86. The fourth-order valence-electron chi connectivity index (χ4n) is 2.64. The molecule has 1 aliphatic heterocycles. The van der Waals surface area contributed by atoms with E-state index in [0.29, 0.717) is 18.9 Å². The van der Waals surface area contributed by atoms with Crippen molar-refractivity contribution in [1.82, 2.24) is 9.97 Å². The Kier molecular flexibility index (Phi) is 4.99. The van der Waals surface area contributed by atoms with Crippen molar-refractivity contribution in [3.05, 3.63) is 47.9 Å². The van der Waals surface area contributed by atoms with Gasteiger partial charge in [0.1, 0.15) is 11.5 Å². The van der Waals surface area contributed by atoms with Crippen molar-refractivity contribution in [2.45, 2.75) is 26.2 Å². The second kappa shape index (κ2) is 7.19. The van der Waals surface area contributed by atoms with Gasteiger partial charge in [0, 0.05) is 18.8 Å². The van der Waals surface area contributed by atoms with Crippen LogP contribution in [0, 0.1) is 0 Å². The van der Waals surface area contributed by atoms with Gasteiger partial charge in [-0.15, -0.1) is 0 Å². The van der Waals surface area contributed by atoms with E-state index in [1.54, 1.807) is 6.20 Å². The summed E-state index contributed by atoms with van der Waals surface area (Å²) in [5.41, 5.74) is 2.36. The van der Waals surface area contributed by atoms with Gasteiger partial charge in [0.2, 0.25) is 0 Å². The number of amides is 1. The van der Waals surface area contributed by atoms with Crippen LogP contribution in [0.25, 0.3) is 0 Å². The standard InChI is InChI=1S/C19H24N4O2/c1-19(2,3)14-4-6-15(7-5-14)22-18(24)16-12-21-17(13-20-16)23-8-10-25-11-9-23/h4-7,12-13H,8-11H2,1-3H3,(H,22,24). The Bertz CT molecular complexity index is 715. The zero-order chi connectivity index (χ0) is 17.9. The Labute approximate surface area is 148 Å². The van der Waals surface area contributed by atoms with Gasteiger partial charge in [0.15, 0.2) is 0 Å². The third kappa shape index (κ3) is 4.33. The number of benzene rings is 1. The summed E-state index contributed by atoms with van der Waals surface area (Å²) >= 11 is 0. The number of anilines is 2. The normalized spacial score (nSPS) is 15.1. The number of rotatable bonds is 3. The lowest BCUT2D eigenvalue weighted by atomic mass is 9.87. The first-order valence-corrected chi connectivity index (χ1v) is 8.50. The number of ether oxygens (including phenoxy) is 1. The van der Waals surface area contributed by atoms with Gasteiger partial charge < -0.3 is 15.0 Å². The molecule has 1 aromatic carbocycles. The summed E-state index contributed by atoms with van der Waals surface area (Å²) in [7, 11) is 0. The van der Waals surface area contributed by atoms with Gasteiger partial charge in [0.25, 0.3) is 5.91 Å². The molecule has 0 aliphatic carbocycles. The molecule has 0 unspecified atom stereocenters. The first-order valence-electron chi connectivity index (χ1n) is 8.50. The molecule has 6 heteroatoms. The Morgan fingerprint density at radius 3 is 2.32 bits per heavy atom. The molecule has 3 rings (SSSR count). The summed E-state index contributed by atoms with van der Waals surface area (Å²) in [6, 6.07) is 7.88. The minimum atomic E-state index is -0.260. The van der Waals surface area contributed by atoms with Crippen LogP contribution in [0.5, 0.6) is 0 Å². The highest BCUT2D eigenvalue weighted by atomic mass is 16.5. The van der Waals surface area contributed by atoms with E-state index in [0.717, 1.165) is 24.6 Å². The fraction of sp³-hybridized carbons (Fsp3) is 0.421. The fourth-order valence-corrected chi connectivity index (χ4v) is 2.64. The molecule has 2 heterocycles. The zero-order valence-electron chi connectivity index (χ0n) is 15.0. The Morgan fingerprint density at radius 1 is 1.08 bits per heavy atom. The molecule has 0 spiro atoms. The molecule has 1 aliphatic rings. The van der Waals surface area contributed by atoms with Crippen molar-refractivity contribution in [1.29, 1.82) is 0 Å². The van der Waals surface area contributed by atoms with Gasteiger partial charge in [-0.3, -0.25) is 4.79 Å². The molecule has 1 N–H and O–H groups in total. The highest BCUT2D eigenvalue weighted by Crippen LogP contribution is 2.23. The summed E-state index contributed by atoms with van der Waals surface area (Å²) in [5.74, 6) is 0.513. The third-order valence-corrected chi connectivity index (χ3v) is 4.21. The van der Waals surface area contributed by atoms with Gasteiger partial charge >= 0.3 is 0 Å². The highest BCUT2D eigenvalue weighted by molar-refractivity contribution is 6.02. The number of morpholine rings is 1. The van der Waals surface area contributed by atoms with Gasteiger partial charge in [-0.05, 0) is 23.1 Å². The maximum absolute atomic E-state index is 12.3. The number of hydrogen-bond donors (Lipinski definition) is 1. The highest BCUT2D eigenvalue weighted by Gasteiger charge is 2.16. The molecule has 0 radical (unpaired) electrons. The third-order valence-electron chi connectivity index (χ3n) is 4.21. The zero-order valence-corrected chi connectivity index (χ0v) is 15.0. The SMILES string of the molecule is CC(C)(C)c1ccc(NC(=O)c2cnc(N3CCOCC3)cn2)cc1. The number of carbonyl (C=O) groups is 1. The van der Waals surface area contributed by atoms with E-state index in [1.807, 2.05) is 24.3 Å². The predicted molar refractivity (Wildman–Crippen MR) is 98.2 cm³/mol. The lowest BCUT2D eigenvalue weighted by molar-refractivity contribution is 0.102. The van der Waals surface area contributed by atoms with Crippen LogP contribution in [0.15, 0.2) is 36.7 Å². The number of nitrogens with one attached hydrogen (secondary N) is 1. The van der Waals surface area contributed by atoms with Crippen LogP contribution in [0.2, 0.25) is 0 Å². The topological polar surface area (TPSA) is 67.4 Å². The first-order chi connectivity index (χ1) is 11.9. The van der Waals surface area contributed by atoms with Gasteiger partial charge in [-0.2, -0.15) is 0 Å². The lowest BCUT2D eigenvalue weighted by Gasteiger charge is -2.27. The van der Waals surface area contributed by atoms with Gasteiger partial charge in [-0.1, -0.05) is 32.9 Å². The second-order valence-electron chi connectivity index (χ2n) is 7.14. The maximum atomic E-state index is 12.3. The minimum absolute atomic E-state index is 0.0866. The smallest absolute Gasteiger partial charge is 0.275 e. The molecular weight excluding hydrogens is 316 g/mol. The van der Waals surface area contributed by atoms with E-state index < -0.39 is 0 Å². The van der Waals surface area contributed by atoms with E-state index in [9.17, 15) is 4.79 Å². The quantitative estimate of drug-likeness (QED) is 0.930. The maximum Gasteiger partial charge on any atom is 0.275 e. The van der Waals surface area contributed by atoms with Crippen LogP contribution in [-0.2, 0) is 10.2 Å². The lowest BCUT2D eigenvalue weighted by Crippen LogP contribution is -2.36. The average molecular weight is 340 g/mol. The molecule has 1 fully saturated rings. The Balaban J connectivity index is 1.64. The van der Waals surface area contributed by atoms with Crippen molar-refractivity contribution < 1.29 is 9.53 Å². The van der Waals surface area contributed by atoms with Crippen LogP contribution in [0.1, 0.15) is 36.8 Å². The first kappa shape index (κ1) is 17.4. The molecule has 1 amide bonds. The largest absolute Gasteiger partial charge is 0.378 e. The van der Waals surface area contributed by atoms with Crippen molar-refractivity contribution in [2.75, 3.05) is 36.5 Å². The Morgan fingerprint density at radius 2 is 1.76 bits per heavy atom. The minimum Gasteiger partial charge on any atom is -0.378 e.